The quantitative estimate of drug-likeness (QED) is 0.469. The average Bonchev–Trinajstić information content (AvgIpc) is 2.78. The first-order valence-electron chi connectivity index (χ1n) is 9.51. The van der Waals surface area contributed by atoms with Crippen molar-refractivity contribution in [2.24, 2.45) is 0 Å². The summed E-state index contributed by atoms with van der Waals surface area (Å²) in [5.41, 5.74) is 3.28. The molecule has 0 aliphatic carbocycles. The third-order valence-corrected chi connectivity index (χ3v) is 6.01. The number of Topliss-reactive ketones (excluding diaryl/α,β-unsaturated/α-hetero) is 1. The lowest BCUT2D eigenvalue weighted by Gasteiger charge is -2.23. The monoisotopic (exact) mass is 417 g/mol. The Morgan fingerprint density at radius 2 is 1.53 bits per heavy atom. The number of amides is 1. The van der Waals surface area contributed by atoms with Crippen molar-refractivity contribution in [2.45, 2.75) is 16.6 Å². The summed E-state index contributed by atoms with van der Waals surface area (Å²) in [4.78, 5) is 37.6. The molecule has 1 heterocycles. The minimum Gasteiger partial charge on any atom is -0.457 e. The first kappa shape index (κ1) is 19.9. The van der Waals surface area contributed by atoms with Crippen LogP contribution in [0.25, 0.3) is 11.1 Å². The molecule has 0 fully saturated rings. The van der Waals surface area contributed by atoms with Gasteiger partial charge in [-0.15, -0.1) is 11.8 Å². The Morgan fingerprint density at radius 3 is 2.30 bits per heavy atom. The lowest BCUT2D eigenvalue weighted by molar-refractivity contribution is -0.143. The predicted octanol–water partition coefficient (Wildman–Crippen LogP) is 4.58. The van der Waals surface area contributed by atoms with Gasteiger partial charge in [-0.1, -0.05) is 66.7 Å². The zero-order valence-electron chi connectivity index (χ0n) is 16.0. The number of rotatable bonds is 6. The highest BCUT2D eigenvalue weighted by Gasteiger charge is 2.29. The van der Waals surface area contributed by atoms with E-state index in [-0.39, 0.29) is 24.7 Å². The fourth-order valence-corrected chi connectivity index (χ4v) is 4.24. The van der Waals surface area contributed by atoms with E-state index < -0.39 is 11.2 Å². The number of benzene rings is 3. The Kier molecular flexibility index (Phi) is 5.95. The maximum atomic E-state index is 12.4. The van der Waals surface area contributed by atoms with E-state index in [1.807, 2.05) is 66.7 Å². The van der Waals surface area contributed by atoms with Crippen molar-refractivity contribution in [3.63, 3.8) is 0 Å². The van der Waals surface area contributed by atoms with E-state index in [9.17, 15) is 14.4 Å². The molecule has 1 aliphatic heterocycles. The van der Waals surface area contributed by atoms with Crippen LogP contribution in [0.5, 0.6) is 0 Å². The van der Waals surface area contributed by atoms with Crippen LogP contribution < -0.4 is 5.32 Å². The highest BCUT2D eigenvalue weighted by Crippen LogP contribution is 2.36. The number of carbonyl (C=O) groups is 3. The number of thioether (sulfide) groups is 1. The van der Waals surface area contributed by atoms with Crippen molar-refractivity contribution < 1.29 is 19.1 Å². The molecule has 0 unspecified atom stereocenters. The Morgan fingerprint density at radius 1 is 0.867 bits per heavy atom. The van der Waals surface area contributed by atoms with Crippen molar-refractivity contribution in [3.8, 4) is 11.1 Å². The van der Waals surface area contributed by atoms with Gasteiger partial charge in [0.2, 0.25) is 5.91 Å². The zero-order valence-corrected chi connectivity index (χ0v) is 16.9. The Hall–Kier alpha value is -3.38. The number of ketones is 1. The van der Waals surface area contributed by atoms with Gasteiger partial charge in [-0.3, -0.25) is 14.4 Å². The summed E-state index contributed by atoms with van der Waals surface area (Å²) < 4.78 is 5.13. The van der Waals surface area contributed by atoms with Gasteiger partial charge in [-0.25, -0.2) is 0 Å². The number of fused-ring (bicyclic) bond motifs is 1. The number of carbonyl (C=O) groups excluding carboxylic acids is 3. The lowest BCUT2D eigenvalue weighted by atomic mass is 10.0. The third kappa shape index (κ3) is 4.60. The summed E-state index contributed by atoms with van der Waals surface area (Å²) in [7, 11) is 0. The molecule has 5 nitrogen and oxygen atoms in total. The van der Waals surface area contributed by atoms with E-state index in [0.29, 0.717) is 5.56 Å². The minimum atomic E-state index is -0.576. The van der Waals surface area contributed by atoms with Gasteiger partial charge in [0.25, 0.3) is 0 Å². The van der Waals surface area contributed by atoms with Gasteiger partial charge in [-0.05, 0) is 23.3 Å². The summed E-state index contributed by atoms with van der Waals surface area (Å²) in [6.45, 7) is -0.348. The predicted molar refractivity (Wildman–Crippen MR) is 117 cm³/mol. The molecule has 1 amide bonds. The number of para-hydroxylation sites is 1. The van der Waals surface area contributed by atoms with Crippen molar-refractivity contribution >= 4 is 35.1 Å². The Bertz CT molecular complexity index is 1080. The first-order chi connectivity index (χ1) is 14.6. The normalized spacial score (nSPS) is 15.1. The van der Waals surface area contributed by atoms with E-state index in [1.165, 1.54) is 11.8 Å². The molecule has 4 rings (SSSR count). The summed E-state index contributed by atoms with van der Waals surface area (Å²) in [5, 5.41) is 2.21. The van der Waals surface area contributed by atoms with Crippen molar-refractivity contribution in [2.75, 3.05) is 11.9 Å². The highest BCUT2D eigenvalue weighted by atomic mass is 32.2. The number of ether oxygens (including phenoxy) is 1. The van der Waals surface area contributed by atoms with Gasteiger partial charge in [0.05, 0.1) is 17.4 Å². The second-order valence-electron chi connectivity index (χ2n) is 6.82. The molecule has 1 aliphatic rings. The number of anilines is 1. The molecule has 150 valence electrons. The maximum absolute atomic E-state index is 12.4. The summed E-state index contributed by atoms with van der Waals surface area (Å²) >= 11 is 1.33. The topological polar surface area (TPSA) is 72.5 Å². The average molecular weight is 417 g/mol. The van der Waals surface area contributed by atoms with Gasteiger partial charge in [0.15, 0.2) is 12.4 Å². The molecule has 30 heavy (non-hydrogen) atoms. The Balaban J connectivity index is 1.31. The molecule has 0 radical (unpaired) electrons. The SMILES string of the molecule is O=C(C[C@H]1Sc2ccccc2NC1=O)OCC(=O)c1ccc(-c2ccccc2)cc1. The van der Waals surface area contributed by atoms with Crippen molar-refractivity contribution in [1.82, 2.24) is 0 Å². The minimum absolute atomic E-state index is 0.0922. The van der Waals surface area contributed by atoms with Gasteiger partial charge >= 0.3 is 5.97 Å². The summed E-state index contributed by atoms with van der Waals surface area (Å²) in [5.74, 6) is -1.09. The second kappa shape index (κ2) is 8.97. The van der Waals surface area contributed by atoms with Crippen LogP contribution in [-0.2, 0) is 14.3 Å². The molecule has 3 aromatic rings. The van der Waals surface area contributed by atoms with E-state index >= 15 is 0 Å². The fourth-order valence-electron chi connectivity index (χ4n) is 3.15. The highest BCUT2D eigenvalue weighted by molar-refractivity contribution is 8.01. The van der Waals surface area contributed by atoms with Crippen LogP contribution in [0.3, 0.4) is 0 Å². The molecule has 0 saturated heterocycles. The van der Waals surface area contributed by atoms with Gasteiger partial charge in [0, 0.05) is 10.5 Å². The molecule has 0 aromatic heterocycles. The molecule has 1 N–H and O–H groups in total. The molecule has 6 heteroatoms. The second-order valence-corrected chi connectivity index (χ2v) is 8.07. The van der Waals surface area contributed by atoms with Crippen LogP contribution >= 0.6 is 11.8 Å². The molecule has 0 saturated carbocycles. The Labute approximate surface area is 178 Å². The third-order valence-electron chi connectivity index (χ3n) is 4.74. The van der Waals surface area contributed by atoms with Gasteiger partial charge < -0.3 is 10.1 Å². The van der Waals surface area contributed by atoms with E-state index in [1.54, 1.807) is 12.1 Å². The van der Waals surface area contributed by atoms with Crippen LogP contribution in [0.15, 0.2) is 83.8 Å². The number of hydrogen-bond acceptors (Lipinski definition) is 5. The first-order valence-corrected chi connectivity index (χ1v) is 10.4. The van der Waals surface area contributed by atoms with Crippen LogP contribution in [0.4, 0.5) is 5.69 Å². The fraction of sp³-hybridized carbons (Fsp3) is 0.125. The van der Waals surface area contributed by atoms with E-state index in [4.69, 9.17) is 4.74 Å². The molecular weight excluding hydrogens is 398 g/mol. The standard InChI is InChI=1S/C24H19NO4S/c26-20(18-12-10-17(11-13-18)16-6-2-1-3-7-16)15-29-23(27)14-22-24(28)25-19-8-4-5-9-21(19)30-22/h1-13,22H,14-15H2,(H,25,28)/t22-/m1/s1. The van der Waals surface area contributed by atoms with Crippen LogP contribution in [0.2, 0.25) is 0 Å². The summed E-state index contributed by atoms with van der Waals surface area (Å²) in [6.07, 6.45) is -0.0922. The van der Waals surface area contributed by atoms with Crippen LogP contribution in [0.1, 0.15) is 16.8 Å². The van der Waals surface area contributed by atoms with Crippen molar-refractivity contribution in [3.05, 3.63) is 84.4 Å². The molecule has 0 bridgehead atoms. The molecule has 3 aromatic carbocycles. The molecule has 1 atom stereocenters. The van der Waals surface area contributed by atoms with Crippen molar-refractivity contribution in [1.29, 1.82) is 0 Å². The van der Waals surface area contributed by atoms with Crippen LogP contribution in [-0.4, -0.2) is 29.5 Å². The smallest absolute Gasteiger partial charge is 0.307 e. The zero-order chi connectivity index (χ0) is 20.9. The van der Waals surface area contributed by atoms with Gasteiger partial charge in [0.1, 0.15) is 0 Å². The largest absolute Gasteiger partial charge is 0.457 e. The lowest BCUT2D eigenvalue weighted by Crippen LogP contribution is -2.31. The number of esters is 1. The van der Waals surface area contributed by atoms with Crippen LogP contribution in [0, 0.1) is 0 Å². The van der Waals surface area contributed by atoms with E-state index in [0.717, 1.165) is 21.7 Å². The summed E-state index contributed by atoms with van der Waals surface area (Å²) in [6, 6.07) is 24.4. The number of hydrogen-bond donors (Lipinski definition) is 1. The maximum Gasteiger partial charge on any atom is 0.307 e. The van der Waals surface area contributed by atoms with Gasteiger partial charge in [-0.2, -0.15) is 0 Å². The molecule has 0 spiro atoms. The van der Waals surface area contributed by atoms with E-state index in [2.05, 4.69) is 5.32 Å². The number of nitrogens with one attached hydrogen (secondary N) is 1. The molecular formula is C24H19NO4S.